The summed E-state index contributed by atoms with van der Waals surface area (Å²) in [6.07, 6.45) is 6.89. The first kappa shape index (κ1) is 19.4. The van der Waals surface area contributed by atoms with Gasteiger partial charge in [0.05, 0.1) is 36.7 Å². The van der Waals surface area contributed by atoms with Crippen molar-refractivity contribution in [2.45, 2.75) is 45.7 Å². The molecule has 1 fully saturated rings. The van der Waals surface area contributed by atoms with Crippen LogP contribution in [-0.2, 0) is 30.7 Å². The monoisotopic (exact) mass is 429 g/mol. The first-order chi connectivity index (χ1) is 14.2. The fourth-order valence-corrected chi connectivity index (χ4v) is 6.40. The van der Waals surface area contributed by atoms with Crippen molar-refractivity contribution in [2.75, 3.05) is 38.3 Å². The second kappa shape index (κ2) is 8.26. The number of aromatic nitrogens is 3. The minimum atomic E-state index is 0.794. The third-order valence-electron chi connectivity index (χ3n) is 5.73. The molecule has 6 nitrogen and oxygen atoms in total. The molecule has 8 heteroatoms. The van der Waals surface area contributed by atoms with Crippen LogP contribution in [0.4, 0.5) is 5.82 Å². The SMILES string of the molecule is Cc1ncc(CN(C)c2nc(CN3CCOCC3)nc3sc4c(c23)CCCC4)s1. The summed E-state index contributed by atoms with van der Waals surface area (Å²) in [7, 11) is 2.15. The topological polar surface area (TPSA) is 54.4 Å². The Balaban J connectivity index is 1.53. The van der Waals surface area contributed by atoms with Gasteiger partial charge in [-0.25, -0.2) is 15.0 Å². The van der Waals surface area contributed by atoms with Crippen LogP contribution in [0.2, 0.25) is 0 Å². The van der Waals surface area contributed by atoms with E-state index < -0.39 is 0 Å². The van der Waals surface area contributed by atoms with Crippen LogP contribution in [-0.4, -0.2) is 53.2 Å². The third kappa shape index (κ3) is 4.03. The summed E-state index contributed by atoms with van der Waals surface area (Å²) in [5.41, 5.74) is 1.50. The average molecular weight is 430 g/mol. The molecule has 1 aliphatic heterocycles. The van der Waals surface area contributed by atoms with Crippen LogP contribution in [0.15, 0.2) is 6.20 Å². The molecule has 0 N–H and O–H groups in total. The molecular formula is C21H27N5OS2. The second-order valence-electron chi connectivity index (χ2n) is 7.94. The van der Waals surface area contributed by atoms with E-state index in [2.05, 4.69) is 28.8 Å². The van der Waals surface area contributed by atoms with Gasteiger partial charge in [0.2, 0.25) is 0 Å². The molecule has 1 aliphatic carbocycles. The van der Waals surface area contributed by atoms with Gasteiger partial charge in [0, 0.05) is 36.1 Å². The van der Waals surface area contributed by atoms with Gasteiger partial charge in [-0.2, -0.15) is 0 Å². The Labute approximate surface area is 179 Å². The lowest BCUT2D eigenvalue weighted by atomic mass is 9.97. The van der Waals surface area contributed by atoms with Crippen LogP contribution in [0.5, 0.6) is 0 Å². The molecule has 1 saturated heterocycles. The number of thiazole rings is 1. The largest absolute Gasteiger partial charge is 0.379 e. The summed E-state index contributed by atoms with van der Waals surface area (Å²) in [5, 5.41) is 2.40. The Morgan fingerprint density at radius 1 is 1.14 bits per heavy atom. The van der Waals surface area contributed by atoms with Gasteiger partial charge in [-0.3, -0.25) is 4.90 Å². The van der Waals surface area contributed by atoms with E-state index in [0.29, 0.717) is 0 Å². The summed E-state index contributed by atoms with van der Waals surface area (Å²) < 4.78 is 5.50. The number of nitrogens with zero attached hydrogens (tertiary/aromatic N) is 5. The molecule has 5 rings (SSSR count). The van der Waals surface area contributed by atoms with E-state index in [4.69, 9.17) is 14.7 Å². The highest BCUT2D eigenvalue weighted by Crippen LogP contribution is 2.40. The molecule has 0 bridgehead atoms. The Kier molecular flexibility index (Phi) is 5.51. The van der Waals surface area contributed by atoms with Crippen LogP contribution < -0.4 is 4.90 Å². The van der Waals surface area contributed by atoms with Crippen LogP contribution in [0.1, 0.15) is 39.0 Å². The van der Waals surface area contributed by atoms with E-state index in [1.165, 1.54) is 40.0 Å². The van der Waals surface area contributed by atoms with Crippen molar-refractivity contribution in [2.24, 2.45) is 0 Å². The zero-order valence-corrected chi connectivity index (χ0v) is 18.7. The lowest BCUT2D eigenvalue weighted by Crippen LogP contribution is -2.36. The minimum absolute atomic E-state index is 0.794. The number of morpholine rings is 1. The lowest BCUT2D eigenvalue weighted by molar-refractivity contribution is 0.0331. The van der Waals surface area contributed by atoms with E-state index in [-0.39, 0.29) is 0 Å². The summed E-state index contributed by atoms with van der Waals surface area (Å²) in [4.78, 5) is 23.2. The van der Waals surface area contributed by atoms with Crippen molar-refractivity contribution < 1.29 is 4.74 Å². The number of rotatable bonds is 5. The van der Waals surface area contributed by atoms with E-state index in [1.54, 1.807) is 11.3 Å². The van der Waals surface area contributed by atoms with Gasteiger partial charge in [-0.15, -0.1) is 22.7 Å². The maximum atomic E-state index is 5.50. The predicted octanol–water partition coefficient (Wildman–Crippen LogP) is 3.80. The summed E-state index contributed by atoms with van der Waals surface area (Å²) in [6.45, 7) is 7.19. The second-order valence-corrected chi connectivity index (χ2v) is 10.3. The van der Waals surface area contributed by atoms with Crippen molar-refractivity contribution >= 4 is 38.7 Å². The summed E-state index contributed by atoms with van der Waals surface area (Å²) in [6, 6.07) is 0. The molecule has 3 aromatic rings. The van der Waals surface area contributed by atoms with Crippen molar-refractivity contribution in [3.05, 3.63) is 32.3 Å². The molecule has 0 saturated carbocycles. The smallest absolute Gasteiger partial charge is 0.146 e. The van der Waals surface area contributed by atoms with Crippen LogP contribution in [0, 0.1) is 6.92 Å². The van der Waals surface area contributed by atoms with Crippen molar-refractivity contribution in [3.8, 4) is 0 Å². The van der Waals surface area contributed by atoms with Gasteiger partial charge in [0.25, 0.3) is 0 Å². The highest BCUT2D eigenvalue weighted by Gasteiger charge is 2.24. The molecular weight excluding hydrogens is 402 g/mol. The molecule has 29 heavy (non-hydrogen) atoms. The number of hydrogen-bond donors (Lipinski definition) is 0. The maximum absolute atomic E-state index is 5.50. The third-order valence-corrected chi connectivity index (χ3v) is 7.82. The number of fused-ring (bicyclic) bond motifs is 3. The van der Waals surface area contributed by atoms with Crippen molar-refractivity contribution in [1.29, 1.82) is 0 Å². The first-order valence-electron chi connectivity index (χ1n) is 10.4. The molecule has 2 aliphatic rings. The number of ether oxygens (including phenoxy) is 1. The van der Waals surface area contributed by atoms with E-state index in [9.17, 15) is 0 Å². The molecule has 0 unspecified atom stereocenters. The standard InChI is InChI=1S/C21H27N5OS2/c1-14-22-11-15(28-14)12-25(2)20-19-16-5-3-4-6-17(16)29-21(19)24-18(23-20)13-26-7-9-27-10-8-26/h11H,3-10,12-13H2,1-2H3. The van der Waals surface area contributed by atoms with Gasteiger partial charge in [0.1, 0.15) is 16.5 Å². The van der Waals surface area contributed by atoms with Gasteiger partial charge in [-0.1, -0.05) is 0 Å². The Bertz CT molecular complexity index is 1010. The van der Waals surface area contributed by atoms with Crippen molar-refractivity contribution in [3.63, 3.8) is 0 Å². The van der Waals surface area contributed by atoms with Gasteiger partial charge in [0.15, 0.2) is 0 Å². The number of thiophene rings is 1. The van der Waals surface area contributed by atoms with E-state index in [0.717, 1.165) is 67.3 Å². The Morgan fingerprint density at radius 3 is 2.76 bits per heavy atom. The van der Waals surface area contributed by atoms with E-state index >= 15 is 0 Å². The van der Waals surface area contributed by atoms with E-state index in [1.807, 2.05) is 17.5 Å². The van der Waals surface area contributed by atoms with Crippen LogP contribution in [0.3, 0.4) is 0 Å². The average Bonchev–Trinajstić information content (AvgIpc) is 3.30. The van der Waals surface area contributed by atoms with Crippen LogP contribution >= 0.6 is 22.7 Å². The van der Waals surface area contributed by atoms with Gasteiger partial charge >= 0.3 is 0 Å². The molecule has 0 spiro atoms. The lowest BCUT2D eigenvalue weighted by Gasteiger charge is -2.26. The highest BCUT2D eigenvalue weighted by atomic mass is 32.1. The molecule has 4 heterocycles. The fourth-order valence-electron chi connectivity index (χ4n) is 4.27. The predicted molar refractivity (Wildman–Crippen MR) is 119 cm³/mol. The molecule has 0 aromatic carbocycles. The number of hydrogen-bond acceptors (Lipinski definition) is 8. The molecule has 154 valence electrons. The number of aryl methyl sites for hydroxylation is 3. The Hall–Kier alpha value is -1.61. The molecule has 3 aromatic heterocycles. The van der Waals surface area contributed by atoms with Gasteiger partial charge in [-0.05, 0) is 38.2 Å². The highest BCUT2D eigenvalue weighted by molar-refractivity contribution is 7.19. The summed E-state index contributed by atoms with van der Waals surface area (Å²) >= 11 is 3.65. The quantitative estimate of drug-likeness (QED) is 0.615. The number of anilines is 1. The fraction of sp³-hybridized carbons (Fsp3) is 0.571. The first-order valence-corrected chi connectivity index (χ1v) is 12.0. The summed E-state index contributed by atoms with van der Waals surface area (Å²) in [5.74, 6) is 2.02. The molecule has 0 radical (unpaired) electrons. The zero-order valence-electron chi connectivity index (χ0n) is 17.1. The maximum Gasteiger partial charge on any atom is 0.146 e. The van der Waals surface area contributed by atoms with Crippen LogP contribution in [0.25, 0.3) is 10.2 Å². The minimum Gasteiger partial charge on any atom is -0.379 e. The molecule has 0 amide bonds. The Morgan fingerprint density at radius 2 is 1.97 bits per heavy atom. The molecule has 0 atom stereocenters. The zero-order chi connectivity index (χ0) is 19.8. The van der Waals surface area contributed by atoms with Crippen molar-refractivity contribution in [1.82, 2.24) is 19.9 Å². The normalized spacial score (nSPS) is 17.6. The van der Waals surface area contributed by atoms with Gasteiger partial charge < -0.3 is 9.64 Å².